The molecule has 0 fully saturated rings. The Kier molecular flexibility index (Phi) is 5.56. The van der Waals surface area contributed by atoms with E-state index >= 15 is 0 Å². The third-order valence-corrected chi connectivity index (χ3v) is 3.64. The molecule has 0 spiro atoms. The number of benzene rings is 1. The fraction of sp³-hybridized carbons (Fsp3) is 0.562. The first-order valence-electron chi connectivity index (χ1n) is 7.18. The molecule has 1 aromatic rings. The molecule has 1 aliphatic rings. The molecule has 0 bridgehead atoms. The number of ketones is 1. The van der Waals surface area contributed by atoms with Crippen molar-refractivity contribution in [2.45, 2.75) is 19.8 Å². The largest absolute Gasteiger partial charge is 0.382 e. The first kappa shape index (κ1) is 15.0. The van der Waals surface area contributed by atoms with Crippen LogP contribution in [0, 0.1) is 0 Å². The van der Waals surface area contributed by atoms with E-state index in [-0.39, 0.29) is 5.78 Å². The molecule has 0 unspecified atom stereocenters. The highest BCUT2D eigenvalue weighted by atomic mass is 16.5. The van der Waals surface area contributed by atoms with Gasteiger partial charge in [-0.1, -0.05) is 0 Å². The maximum Gasteiger partial charge on any atom is 0.159 e. The fourth-order valence-corrected chi connectivity index (χ4v) is 2.55. The van der Waals surface area contributed by atoms with Crippen molar-refractivity contribution in [1.29, 1.82) is 0 Å². The summed E-state index contributed by atoms with van der Waals surface area (Å²) in [5.41, 5.74) is 3.33. The van der Waals surface area contributed by atoms with E-state index < -0.39 is 0 Å². The van der Waals surface area contributed by atoms with Crippen LogP contribution in [0.15, 0.2) is 18.2 Å². The van der Waals surface area contributed by atoms with Crippen molar-refractivity contribution in [2.75, 3.05) is 44.9 Å². The Labute approximate surface area is 120 Å². The van der Waals surface area contributed by atoms with E-state index in [0.29, 0.717) is 19.8 Å². The van der Waals surface area contributed by atoms with Crippen LogP contribution in [0.3, 0.4) is 0 Å². The van der Waals surface area contributed by atoms with Gasteiger partial charge in [0.25, 0.3) is 0 Å². The lowest BCUT2D eigenvalue weighted by Crippen LogP contribution is -2.32. The fourth-order valence-electron chi connectivity index (χ4n) is 2.55. The second kappa shape index (κ2) is 7.41. The molecule has 110 valence electrons. The summed E-state index contributed by atoms with van der Waals surface area (Å²) >= 11 is 0. The number of nitrogens with zero attached hydrogens (tertiary/aromatic N) is 1. The Morgan fingerprint density at radius 1 is 1.30 bits per heavy atom. The highest BCUT2D eigenvalue weighted by Crippen LogP contribution is 2.27. The van der Waals surface area contributed by atoms with Gasteiger partial charge in [0.15, 0.2) is 5.78 Å². The molecule has 2 rings (SSSR count). The van der Waals surface area contributed by atoms with Crippen molar-refractivity contribution in [3.8, 4) is 0 Å². The van der Waals surface area contributed by atoms with Crippen molar-refractivity contribution < 1.29 is 14.3 Å². The van der Waals surface area contributed by atoms with Crippen molar-refractivity contribution in [3.63, 3.8) is 0 Å². The van der Waals surface area contributed by atoms with Crippen LogP contribution in [-0.4, -0.2) is 45.8 Å². The zero-order valence-electron chi connectivity index (χ0n) is 12.4. The molecular formula is C16H23NO3. The number of fused-ring (bicyclic) bond motifs is 1. The van der Waals surface area contributed by atoms with E-state index in [1.165, 1.54) is 11.3 Å². The van der Waals surface area contributed by atoms with Crippen LogP contribution in [0.1, 0.15) is 29.3 Å². The average Bonchev–Trinajstić information content (AvgIpc) is 2.46. The maximum absolute atomic E-state index is 11.4. The van der Waals surface area contributed by atoms with Gasteiger partial charge in [0.05, 0.1) is 19.8 Å². The van der Waals surface area contributed by atoms with Crippen LogP contribution in [-0.2, 0) is 15.9 Å². The number of anilines is 1. The molecule has 0 aliphatic carbocycles. The van der Waals surface area contributed by atoms with Crippen molar-refractivity contribution in [3.05, 3.63) is 29.3 Å². The standard InChI is InChI=1S/C16H23NO3/c1-13(18)14-5-6-16-15(12-14)4-3-7-17(16)8-9-20-11-10-19-2/h5-6,12H,3-4,7-11H2,1-2H3. The summed E-state index contributed by atoms with van der Waals surface area (Å²) in [5, 5.41) is 0. The quantitative estimate of drug-likeness (QED) is 0.566. The molecule has 4 heteroatoms. The number of hydrogen-bond acceptors (Lipinski definition) is 4. The molecule has 0 saturated heterocycles. The lowest BCUT2D eigenvalue weighted by Gasteiger charge is -2.31. The van der Waals surface area contributed by atoms with Gasteiger partial charge < -0.3 is 14.4 Å². The van der Waals surface area contributed by atoms with E-state index in [9.17, 15) is 4.79 Å². The number of ether oxygens (including phenoxy) is 2. The Balaban J connectivity index is 1.96. The number of rotatable bonds is 7. The van der Waals surface area contributed by atoms with Gasteiger partial charge in [-0.3, -0.25) is 4.79 Å². The number of aryl methyl sites for hydroxylation is 1. The van der Waals surface area contributed by atoms with Gasteiger partial charge in [-0.05, 0) is 43.5 Å². The van der Waals surface area contributed by atoms with E-state index in [1.807, 2.05) is 12.1 Å². The number of Topliss-reactive ketones (excluding diaryl/α,β-unsaturated/α-hetero) is 1. The van der Waals surface area contributed by atoms with Crippen molar-refractivity contribution in [2.24, 2.45) is 0 Å². The van der Waals surface area contributed by atoms with E-state index in [1.54, 1.807) is 14.0 Å². The van der Waals surface area contributed by atoms with Crippen molar-refractivity contribution >= 4 is 11.5 Å². The highest BCUT2D eigenvalue weighted by Gasteiger charge is 2.17. The minimum Gasteiger partial charge on any atom is -0.382 e. The van der Waals surface area contributed by atoms with Gasteiger partial charge >= 0.3 is 0 Å². The topological polar surface area (TPSA) is 38.8 Å². The monoisotopic (exact) mass is 277 g/mol. The molecule has 0 radical (unpaired) electrons. The van der Waals surface area contributed by atoms with Gasteiger partial charge in [-0.25, -0.2) is 0 Å². The average molecular weight is 277 g/mol. The summed E-state index contributed by atoms with van der Waals surface area (Å²) in [6, 6.07) is 6.03. The Morgan fingerprint density at radius 2 is 2.15 bits per heavy atom. The van der Waals surface area contributed by atoms with E-state index in [0.717, 1.165) is 31.5 Å². The SMILES string of the molecule is COCCOCCN1CCCc2cc(C(C)=O)ccc21. The summed E-state index contributed by atoms with van der Waals surface area (Å²) < 4.78 is 10.5. The zero-order valence-corrected chi connectivity index (χ0v) is 12.4. The minimum atomic E-state index is 0.132. The Hall–Kier alpha value is -1.39. The maximum atomic E-state index is 11.4. The van der Waals surface area contributed by atoms with Crippen LogP contribution in [0.5, 0.6) is 0 Å². The molecule has 1 aromatic carbocycles. The number of carbonyl (C=O) groups is 1. The van der Waals surface area contributed by atoms with Crippen LogP contribution >= 0.6 is 0 Å². The molecule has 0 saturated carbocycles. The first-order valence-corrected chi connectivity index (χ1v) is 7.18. The lowest BCUT2D eigenvalue weighted by molar-refractivity contribution is 0.0739. The molecule has 0 N–H and O–H groups in total. The summed E-state index contributed by atoms with van der Waals surface area (Å²) in [7, 11) is 1.68. The van der Waals surface area contributed by atoms with Crippen LogP contribution in [0.4, 0.5) is 5.69 Å². The predicted octanol–water partition coefficient (Wildman–Crippen LogP) is 2.30. The van der Waals surface area contributed by atoms with Gasteiger partial charge in [0, 0.05) is 31.5 Å². The normalized spacial score (nSPS) is 14.2. The van der Waals surface area contributed by atoms with E-state index in [4.69, 9.17) is 9.47 Å². The summed E-state index contributed by atoms with van der Waals surface area (Å²) in [6.07, 6.45) is 2.18. The minimum absolute atomic E-state index is 0.132. The van der Waals surface area contributed by atoms with Gasteiger partial charge in [0.1, 0.15) is 0 Å². The Bertz CT molecular complexity index is 459. The van der Waals surface area contributed by atoms with Crippen LogP contribution in [0.25, 0.3) is 0 Å². The van der Waals surface area contributed by atoms with Gasteiger partial charge in [0.2, 0.25) is 0 Å². The molecule has 20 heavy (non-hydrogen) atoms. The predicted molar refractivity (Wildman–Crippen MR) is 79.7 cm³/mol. The molecule has 0 amide bonds. The summed E-state index contributed by atoms with van der Waals surface area (Å²) in [5.74, 6) is 0.132. The number of methoxy groups -OCH3 is 1. The van der Waals surface area contributed by atoms with E-state index in [2.05, 4.69) is 11.0 Å². The third kappa shape index (κ3) is 3.81. The molecular weight excluding hydrogens is 254 g/mol. The molecule has 4 nitrogen and oxygen atoms in total. The zero-order chi connectivity index (χ0) is 14.4. The molecule has 0 aromatic heterocycles. The molecule has 1 aliphatic heterocycles. The van der Waals surface area contributed by atoms with Crippen LogP contribution in [0.2, 0.25) is 0 Å². The van der Waals surface area contributed by atoms with Gasteiger partial charge in [-0.2, -0.15) is 0 Å². The van der Waals surface area contributed by atoms with Gasteiger partial charge in [-0.15, -0.1) is 0 Å². The van der Waals surface area contributed by atoms with Crippen LogP contribution < -0.4 is 4.90 Å². The summed E-state index contributed by atoms with van der Waals surface area (Å²) in [6.45, 7) is 5.54. The Morgan fingerprint density at radius 3 is 2.90 bits per heavy atom. The number of hydrogen-bond donors (Lipinski definition) is 0. The van der Waals surface area contributed by atoms with Crippen molar-refractivity contribution in [1.82, 2.24) is 0 Å². The third-order valence-electron chi connectivity index (χ3n) is 3.64. The number of carbonyl (C=O) groups excluding carboxylic acids is 1. The second-order valence-corrected chi connectivity index (χ2v) is 5.10. The molecule has 1 heterocycles. The highest BCUT2D eigenvalue weighted by molar-refractivity contribution is 5.94. The second-order valence-electron chi connectivity index (χ2n) is 5.10. The summed E-state index contributed by atoms with van der Waals surface area (Å²) in [4.78, 5) is 13.8. The first-order chi connectivity index (χ1) is 9.72. The molecule has 0 atom stereocenters. The lowest BCUT2D eigenvalue weighted by atomic mass is 9.98. The smallest absolute Gasteiger partial charge is 0.159 e.